The number of benzene rings is 2. The van der Waals surface area contributed by atoms with E-state index in [2.05, 4.69) is 11.8 Å². The molecule has 0 atom stereocenters. The SMILES string of the molecule is C/C(CN(C)C)=C(/c1ccc(O)cc1)c1cccc(O)c1.Cl. The van der Waals surface area contributed by atoms with Crippen molar-refractivity contribution in [3.05, 3.63) is 65.2 Å². The standard InChI is InChI=1S/C18H21NO2.ClH/c1-13(12-19(2)3)18(14-7-9-16(20)10-8-14)15-5-4-6-17(21)11-15;/h4-11,20-21H,12H2,1-3H3;1H/b18-13+;. The molecule has 0 unspecified atom stereocenters. The predicted molar refractivity (Wildman–Crippen MR) is 93.7 cm³/mol. The first-order valence-corrected chi connectivity index (χ1v) is 6.90. The molecule has 22 heavy (non-hydrogen) atoms. The average Bonchev–Trinajstić information content (AvgIpc) is 2.40. The van der Waals surface area contributed by atoms with Gasteiger partial charge >= 0.3 is 0 Å². The van der Waals surface area contributed by atoms with Gasteiger partial charge in [0.25, 0.3) is 0 Å². The zero-order valence-corrected chi connectivity index (χ0v) is 13.9. The van der Waals surface area contributed by atoms with E-state index in [9.17, 15) is 10.2 Å². The zero-order chi connectivity index (χ0) is 15.4. The molecular weight excluding hydrogens is 298 g/mol. The highest BCUT2D eigenvalue weighted by Crippen LogP contribution is 2.30. The lowest BCUT2D eigenvalue weighted by atomic mass is 9.93. The van der Waals surface area contributed by atoms with Crippen LogP contribution in [0.5, 0.6) is 11.5 Å². The van der Waals surface area contributed by atoms with E-state index in [1.807, 2.05) is 38.4 Å². The molecule has 3 nitrogen and oxygen atoms in total. The van der Waals surface area contributed by atoms with Crippen LogP contribution in [0, 0.1) is 0 Å². The van der Waals surface area contributed by atoms with Gasteiger partial charge in [0.15, 0.2) is 0 Å². The maximum absolute atomic E-state index is 9.74. The van der Waals surface area contributed by atoms with Crippen molar-refractivity contribution in [2.24, 2.45) is 0 Å². The summed E-state index contributed by atoms with van der Waals surface area (Å²) < 4.78 is 0. The molecular formula is C18H22ClNO2. The van der Waals surface area contributed by atoms with E-state index in [0.717, 1.165) is 23.2 Å². The monoisotopic (exact) mass is 319 g/mol. The number of aromatic hydroxyl groups is 2. The van der Waals surface area contributed by atoms with Gasteiger partial charge in [-0.25, -0.2) is 0 Å². The number of phenolic OH excluding ortho intramolecular Hbond substituents is 2. The number of hydrogen-bond donors (Lipinski definition) is 2. The molecule has 0 spiro atoms. The Bertz CT molecular complexity index is 648. The van der Waals surface area contributed by atoms with Crippen LogP contribution in [0.3, 0.4) is 0 Å². The van der Waals surface area contributed by atoms with Crippen molar-refractivity contribution in [1.29, 1.82) is 0 Å². The summed E-state index contributed by atoms with van der Waals surface area (Å²) in [5.41, 5.74) is 4.29. The Labute approximate surface area is 137 Å². The van der Waals surface area contributed by atoms with Gasteiger partial charge in [0.1, 0.15) is 11.5 Å². The minimum Gasteiger partial charge on any atom is -0.508 e. The van der Waals surface area contributed by atoms with Crippen LogP contribution in [0.1, 0.15) is 18.1 Å². The Balaban J connectivity index is 0.00000242. The molecule has 2 rings (SSSR count). The molecule has 0 aliphatic heterocycles. The Morgan fingerprint density at radius 3 is 2.09 bits per heavy atom. The summed E-state index contributed by atoms with van der Waals surface area (Å²) in [5, 5.41) is 19.2. The van der Waals surface area contributed by atoms with Crippen molar-refractivity contribution in [2.75, 3.05) is 20.6 Å². The first-order valence-electron chi connectivity index (χ1n) is 6.90. The van der Waals surface area contributed by atoms with E-state index in [1.54, 1.807) is 24.3 Å². The van der Waals surface area contributed by atoms with Gasteiger partial charge in [-0.15, -0.1) is 12.4 Å². The van der Waals surface area contributed by atoms with Gasteiger partial charge < -0.3 is 15.1 Å². The highest BCUT2D eigenvalue weighted by molar-refractivity contribution is 5.85. The molecule has 0 saturated heterocycles. The summed E-state index contributed by atoms with van der Waals surface area (Å²) in [7, 11) is 4.06. The molecule has 0 saturated carbocycles. The summed E-state index contributed by atoms with van der Waals surface area (Å²) >= 11 is 0. The summed E-state index contributed by atoms with van der Waals surface area (Å²) in [5.74, 6) is 0.501. The van der Waals surface area contributed by atoms with Crippen LogP contribution in [0.2, 0.25) is 0 Å². The number of nitrogens with zero attached hydrogens (tertiary/aromatic N) is 1. The van der Waals surface area contributed by atoms with Crippen LogP contribution in [0.15, 0.2) is 54.1 Å². The van der Waals surface area contributed by atoms with Crippen LogP contribution in [-0.2, 0) is 0 Å². The van der Waals surface area contributed by atoms with Crippen LogP contribution in [0.4, 0.5) is 0 Å². The number of rotatable bonds is 4. The van der Waals surface area contributed by atoms with Crippen molar-refractivity contribution in [2.45, 2.75) is 6.92 Å². The van der Waals surface area contributed by atoms with E-state index in [1.165, 1.54) is 5.57 Å². The van der Waals surface area contributed by atoms with Crippen LogP contribution in [0.25, 0.3) is 5.57 Å². The lowest BCUT2D eigenvalue weighted by Gasteiger charge is -2.17. The van der Waals surface area contributed by atoms with Gasteiger partial charge in [0.2, 0.25) is 0 Å². The van der Waals surface area contributed by atoms with E-state index in [4.69, 9.17) is 0 Å². The molecule has 0 aliphatic rings. The van der Waals surface area contributed by atoms with Gasteiger partial charge in [-0.05, 0) is 62.0 Å². The fourth-order valence-electron chi connectivity index (χ4n) is 2.50. The highest BCUT2D eigenvalue weighted by Gasteiger charge is 2.10. The van der Waals surface area contributed by atoms with E-state index in [-0.39, 0.29) is 23.9 Å². The summed E-state index contributed by atoms with van der Waals surface area (Å²) in [6.45, 7) is 2.91. The lowest BCUT2D eigenvalue weighted by Crippen LogP contribution is -2.15. The van der Waals surface area contributed by atoms with Crippen LogP contribution in [-0.4, -0.2) is 35.8 Å². The normalized spacial score (nSPS) is 11.8. The minimum atomic E-state index is 0. The second-order valence-corrected chi connectivity index (χ2v) is 5.49. The zero-order valence-electron chi connectivity index (χ0n) is 13.1. The summed E-state index contributed by atoms with van der Waals surface area (Å²) in [6, 6.07) is 14.4. The Kier molecular flexibility index (Phi) is 6.47. The number of halogens is 1. The second kappa shape index (κ2) is 7.87. The predicted octanol–water partition coefficient (Wildman–Crippen LogP) is 3.90. The molecule has 0 heterocycles. The minimum absolute atomic E-state index is 0. The van der Waals surface area contributed by atoms with E-state index >= 15 is 0 Å². The Hall–Kier alpha value is -1.97. The van der Waals surface area contributed by atoms with Gasteiger partial charge in [0.05, 0.1) is 0 Å². The summed E-state index contributed by atoms with van der Waals surface area (Å²) in [6.07, 6.45) is 0. The van der Waals surface area contributed by atoms with Gasteiger partial charge in [0, 0.05) is 6.54 Å². The number of phenols is 2. The third-order valence-electron chi connectivity index (χ3n) is 3.27. The Morgan fingerprint density at radius 1 is 0.909 bits per heavy atom. The smallest absolute Gasteiger partial charge is 0.116 e. The molecule has 0 radical (unpaired) electrons. The molecule has 0 aromatic heterocycles. The van der Waals surface area contributed by atoms with E-state index < -0.39 is 0 Å². The first-order chi connectivity index (χ1) is 9.97. The van der Waals surface area contributed by atoms with Crippen molar-refractivity contribution in [1.82, 2.24) is 4.90 Å². The molecule has 4 heteroatoms. The Morgan fingerprint density at radius 2 is 1.55 bits per heavy atom. The molecule has 2 N–H and O–H groups in total. The number of hydrogen-bond acceptors (Lipinski definition) is 3. The molecule has 0 amide bonds. The van der Waals surface area contributed by atoms with Crippen molar-refractivity contribution in [3.8, 4) is 11.5 Å². The second-order valence-electron chi connectivity index (χ2n) is 5.49. The maximum Gasteiger partial charge on any atom is 0.116 e. The van der Waals surface area contributed by atoms with Crippen molar-refractivity contribution in [3.63, 3.8) is 0 Å². The van der Waals surface area contributed by atoms with Crippen LogP contribution >= 0.6 is 12.4 Å². The fraction of sp³-hybridized carbons (Fsp3) is 0.222. The topological polar surface area (TPSA) is 43.7 Å². The first kappa shape index (κ1) is 18.1. The molecule has 0 bridgehead atoms. The lowest BCUT2D eigenvalue weighted by molar-refractivity contribution is 0.446. The van der Waals surface area contributed by atoms with Crippen LogP contribution < -0.4 is 0 Å². The maximum atomic E-state index is 9.74. The van der Waals surface area contributed by atoms with Crippen molar-refractivity contribution >= 4 is 18.0 Å². The highest BCUT2D eigenvalue weighted by atomic mass is 35.5. The molecule has 0 aliphatic carbocycles. The van der Waals surface area contributed by atoms with Gasteiger partial charge in [-0.1, -0.05) is 29.8 Å². The largest absolute Gasteiger partial charge is 0.508 e. The molecule has 0 fully saturated rings. The average molecular weight is 320 g/mol. The third-order valence-corrected chi connectivity index (χ3v) is 3.27. The van der Waals surface area contributed by atoms with Gasteiger partial charge in [-0.2, -0.15) is 0 Å². The molecule has 118 valence electrons. The van der Waals surface area contributed by atoms with Crippen molar-refractivity contribution < 1.29 is 10.2 Å². The summed E-state index contributed by atoms with van der Waals surface area (Å²) in [4.78, 5) is 2.11. The van der Waals surface area contributed by atoms with Gasteiger partial charge in [-0.3, -0.25) is 0 Å². The quantitative estimate of drug-likeness (QED) is 0.898. The molecule has 2 aromatic carbocycles. The van der Waals surface area contributed by atoms with E-state index in [0.29, 0.717) is 0 Å². The molecule has 2 aromatic rings. The third kappa shape index (κ3) is 4.52. The fourth-order valence-corrected chi connectivity index (χ4v) is 2.50. The number of likely N-dealkylation sites (N-methyl/N-ethyl adjacent to an activating group) is 1.